The standard InChI is InChI=1S/C13H13F3NO2S/c1-2-5-17-12(18)11-7-19-9-4-3-8(13(14,15)16)6-10(9)20-11/h2-4,6,11,20H,1,5,7H2,(H,17,18). The lowest BCUT2D eigenvalue weighted by molar-refractivity contribution is -0.137. The Morgan fingerprint density at radius 3 is 2.95 bits per heavy atom. The summed E-state index contributed by atoms with van der Waals surface area (Å²) in [5.74, 6) is 0.141. The minimum absolute atomic E-state index is 0.156. The van der Waals surface area contributed by atoms with E-state index in [1.54, 1.807) is 0 Å². The largest absolute Gasteiger partial charge is 0.491 e. The van der Waals surface area contributed by atoms with Gasteiger partial charge in [0.25, 0.3) is 0 Å². The number of carbonyl (C=O) groups excluding carboxylic acids is 1. The second-order valence-electron chi connectivity index (χ2n) is 4.17. The Balaban J connectivity index is 2.16. The molecule has 1 aliphatic heterocycles. The van der Waals surface area contributed by atoms with Crippen LogP contribution < -0.4 is 10.1 Å². The Bertz CT molecular complexity index is 531. The number of rotatable bonds is 3. The summed E-state index contributed by atoms with van der Waals surface area (Å²) in [6.45, 7) is 3.95. The molecular formula is C13H13F3NO2S. The Labute approximate surface area is 118 Å². The van der Waals surface area contributed by atoms with Gasteiger partial charge in [-0.05, 0) is 18.2 Å². The molecule has 2 rings (SSSR count). The van der Waals surface area contributed by atoms with Crippen LogP contribution >= 0.6 is 11.8 Å². The third kappa shape index (κ3) is 3.27. The van der Waals surface area contributed by atoms with Crippen molar-refractivity contribution in [2.24, 2.45) is 0 Å². The van der Waals surface area contributed by atoms with E-state index in [4.69, 9.17) is 4.74 Å². The molecule has 0 aromatic heterocycles. The highest BCUT2D eigenvalue weighted by atomic mass is 32.2. The maximum atomic E-state index is 12.6. The third-order valence-corrected chi connectivity index (χ3v) is 4.02. The fourth-order valence-corrected chi connectivity index (χ4v) is 2.89. The predicted molar refractivity (Wildman–Crippen MR) is 71.2 cm³/mol. The van der Waals surface area contributed by atoms with Crippen molar-refractivity contribution < 1.29 is 22.7 Å². The van der Waals surface area contributed by atoms with Crippen LogP contribution in [0.4, 0.5) is 13.2 Å². The number of carbonyl (C=O) groups is 1. The van der Waals surface area contributed by atoms with E-state index in [2.05, 4.69) is 11.9 Å². The molecule has 1 N–H and O–H groups in total. The number of nitrogens with one attached hydrogen (secondary N) is 1. The van der Waals surface area contributed by atoms with Crippen LogP contribution in [0, 0.1) is 0 Å². The fraction of sp³-hybridized carbons (Fsp3) is 0.308. The lowest BCUT2D eigenvalue weighted by Crippen LogP contribution is -2.37. The van der Waals surface area contributed by atoms with E-state index < -0.39 is 17.0 Å². The summed E-state index contributed by atoms with van der Waals surface area (Å²) in [6, 6.07) is 3.30. The first-order valence-corrected chi connectivity index (χ1v) is 6.81. The number of halogens is 3. The van der Waals surface area contributed by atoms with Crippen LogP contribution in [0.1, 0.15) is 5.56 Å². The molecule has 3 nitrogen and oxygen atoms in total. The molecule has 20 heavy (non-hydrogen) atoms. The quantitative estimate of drug-likeness (QED) is 0.665. The first-order chi connectivity index (χ1) is 9.41. The van der Waals surface area contributed by atoms with Gasteiger partial charge in [0.05, 0.1) is 5.56 Å². The summed E-state index contributed by atoms with van der Waals surface area (Å²) in [5.41, 5.74) is -0.737. The fourth-order valence-electron chi connectivity index (χ4n) is 1.72. The summed E-state index contributed by atoms with van der Waals surface area (Å²) < 4.78 is 43.3. The van der Waals surface area contributed by atoms with Gasteiger partial charge in [0.2, 0.25) is 5.91 Å². The van der Waals surface area contributed by atoms with Gasteiger partial charge in [-0.15, -0.1) is 6.58 Å². The van der Waals surface area contributed by atoms with Crippen LogP contribution in [0.3, 0.4) is 0 Å². The number of hydrogen-bond acceptors (Lipinski definition) is 2. The van der Waals surface area contributed by atoms with Crippen LogP contribution in [0.2, 0.25) is 0 Å². The first kappa shape index (κ1) is 14.8. The van der Waals surface area contributed by atoms with Crippen LogP contribution in [0.25, 0.3) is 0 Å². The molecule has 1 aromatic rings. The van der Waals surface area contributed by atoms with Gasteiger partial charge in [0, 0.05) is 11.4 Å². The molecule has 0 aliphatic carbocycles. The molecule has 1 aromatic carbocycles. The number of ether oxygens (including phenoxy) is 1. The molecule has 1 atom stereocenters. The van der Waals surface area contributed by atoms with Gasteiger partial charge in [-0.25, -0.2) is 0 Å². The normalized spacial score (nSPS) is 17.9. The van der Waals surface area contributed by atoms with E-state index in [1.165, 1.54) is 12.1 Å². The number of alkyl halides is 3. The van der Waals surface area contributed by atoms with E-state index in [-0.39, 0.29) is 12.5 Å². The van der Waals surface area contributed by atoms with E-state index in [1.807, 2.05) is 0 Å². The molecule has 1 amide bonds. The van der Waals surface area contributed by atoms with E-state index in [0.717, 1.165) is 12.1 Å². The zero-order valence-electron chi connectivity index (χ0n) is 10.4. The van der Waals surface area contributed by atoms with Crippen LogP contribution in [0.15, 0.2) is 35.7 Å². The smallest absolute Gasteiger partial charge is 0.416 e. The lowest BCUT2D eigenvalue weighted by Gasteiger charge is -2.25. The summed E-state index contributed by atoms with van der Waals surface area (Å²) in [4.78, 5) is 12.2. The van der Waals surface area contributed by atoms with Crippen molar-refractivity contribution in [2.75, 3.05) is 13.2 Å². The van der Waals surface area contributed by atoms with Gasteiger partial charge in [-0.3, -0.25) is 4.79 Å². The maximum Gasteiger partial charge on any atom is 0.416 e. The molecule has 0 bridgehead atoms. The van der Waals surface area contributed by atoms with Crippen molar-refractivity contribution in [3.63, 3.8) is 0 Å². The van der Waals surface area contributed by atoms with Gasteiger partial charge in [0.15, 0.2) is 0 Å². The van der Waals surface area contributed by atoms with Crippen molar-refractivity contribution in [1.82, 2.24) is 5.32 Å². The van der Waals surface area contributed by atoms with Crippen LogP contribution in [-0.4, -0.2) is 24.3 Å². The van der Waals surface area contributed by atoms with Crippen LogP contribution in [-0.2, 0) is 11.0 Å². The number of benzene rings is 1. The summed E-state index contributed by atoms with van der Waals surface area (Å²) in [5, 5.41) is 2.10. The Morgan fingerprint density at radius 1 is 1.55 bits per heavy atom. The molecule has 1 aliphatic rings. The summed E-state index contributed by atoms with van der Waals surface area (Å²) in [7, 11) is 0. The number of fused-ring (bicyclic) bond motifs is 1. The molecular weight excluding hydrogens is 291 g/mol. The Morgan fingerprint density at radius 2 is 2.30 bits per heavy atom. The maximum absolute atomic E-state index is 12.6. The minimum Gasteiger partial charge on any atom is -0.491 e. The Hall–Kier alpha value is -1.63. The van der Waals surface area contributed by atoms with Gasteiger partial charge in [-0.2, -0.15) is 24.9 Å². The second kappa shape index (κ2) is 5.78. The molecule has 1 heterocycles. The zero-order chi connectivity index (χ0) is 14.8. The van der Waals surface area contributed by atoms with Crippen molar-refractivity contribution in [1.29, 1.82) is 0 Å². The summed E-state index contributed by atoms with van der Waals surface area (Å²) in [6.07, 6.45) is -2.86. The molecule has 1 unspecified atom stereocenters. The summed E-state index contributed by atoms with van der Waals surface area (Å²) >= 11 is 0.517. The molecule has 0 saturated carbocycles. The number of amides is 1. The molecule has 109 valence electrons. The van der Waals surface area contributed by atoms with Crippen molar-refractivity contribution in [3.05, 3.63) is 36.4 Å². The van der Waals surface area contributed by atoms with E-state index in [0.29, 0.717) is 29.0 Å². The highest BCUT2D eigenvalue weighted by Crippen LogP contribution is 2.41. The molecule has 0 spiro atoms. The van der Waals surface area contributed by atoms with E-state index in [9.17, 15) is 18.0 Å². The third-order valence-electron chi connectivity index (χ3n) is 2.70. The predicted octanol–water partition coefficient (Wildman–Crippen LogP) is 2.59. The number of hydrogen-bond donors (Lipinski definition) is 2. The van der Waals surface area contributed by atoms with Gasteiger partial charge < -0.3 is 10.1 Å². The van der Waals surface area contributed by atoms with Gasteiger partial charge in [0.1, 0.15) is 17.6 Å². The topological polar surface area (TPSA) is 38.3 Å². The lowest BCUT2D eigenvalue weighted by atomic mass is 10.2. The average Bonchev–Trinajstić information content (AvgIpc) is 2.42. The van der Waals surface area contributed by atoms with Gasteiger partial charge in [-0.1, -0.05) is 6.08 Å². The average molecular weight is 304 g/mol. The molecule has 0 fully saturated rings. The van der Waals surface area contributed by atoms with Crippen molar-refractivity contribution in [2.45, 2.75) is 16.3 Å². The zero-order valence-corrected chi connectivity index (χ0v) is 11.3. The minimum atomic E-state index is -4.40. The van der Waals surface area contributed by atoms with Gasteiger partial charge >= 0.3 is 6.18 Å². The SMILES string of the molecule is C=CCNC(=O)C1COc2ccc(C(F)(F)F)cc2[SH]1. The molecule has 7 heteroatoms. The molecule has 1 radical (unpaired) electrons. The number of thiol groups is 1. The molecule has 0 saturated heterocycles. The van der Waals surface area contributed by atoms with Crippen molar-refractivity contribution >= 4 is 17.7 Å². The van der Waals surface area contributed by atoms with E-state index >= 15 is 0 Å². The highest BCUT2D eigenvalue weighted by Gasteiger charge is 2.33. The van der Waals surface area contributed by atoms with Crippen molar-refractivity contribution in [3.8, 4) is 5.75 Å². The monoisotopic (exact) mass is 304 g/mol. The van der Waals surface area contributed by atoms with Crippen LogP contribution in [0.5, 0.6) is 5.75 Å². The Kier molecular flexibility index (Phi) is 4.27. The second-order valence-corrected chi connectivity index (χ2v) is 5.53. The highest BCUT2D eigenvalue weighted by molar-refractivity contribution is 8.00. The first-order valence-electron chi connectivity index (χ1n) is 5.85.